The van der Waals surface area contributed by atoms with E-state index in [0.29, 0.717) is 11.6 Å². The average Bonchev–Trinajstić information content (AvgIpc) is 2.62. The average molecular weight is 240 g/mol. The molecule has 0 amide bonds. The molecule has 0 saturated heterocycles. The van der Waals surface area contributed by atoms with Gasteiger partial charge in [-0.3, -0.25) is 0 Å². The minimum Gasteiger partial charge on any atom is -0.486 e. The Morgan fingerprint density at radius 2 is 2.33 bits per heavy atom. The standard InChI is InChI=1S/C11H10ClNOS/c1-8-7-15-11(13-8)6-14-10-4-2-3-9(12)5-10/h2-5,7H,6H2,1H3. The lowest BCUT2D eigenvalue weighted by atomic mass is 10.3. The largest absolute Gasteiger partial charge is 0.486 e. The number of benzene rings is 1. The molecule has 0 aliphatic rings. The molecule has 0 saturated carbocycles. The van der Waals surface area contributed by atoms with Crippen LogP contribution in [0.2, 0.25) is 5.02 Å². The summed E-state index contributed by atoms with van der Waals surface area (Å²) in [4.78, 5) is 4.31. The van der Waals surface area contributed by atoms with Crippen LogP contribution in [0.4, 0.5) is 0 Å². The van der Waals surface area contributed by atoms with Gasteiger partial charge in [-0.05, 0) is 25.1 Å². The van der Waals surface area contributed by atoms with E-state index in [9.17, 15) is 0 Å². The quantitative estimate of drug-likeness (QED) is 0.815. The van der Waals surface area contributed by atoms with Gasteiger partial charge in [-0.1, -0.05) is 17.7 Å². The molecule has 0 N–H and O–H groups in total. The van der Waals surface area contributed by atoms with Gasteiger partial charge in [0, 0.05) is 16.1 Å². The van der Waals surface area contributed by atoms with Gasteiger partial charge in [-0.15, -0.1) is 11.3 Å². The van der Waals surface area contributed by atoms with E-state index in [2.05, 4.69) is 4.98 Å². The van der Waals surface area contributed by atoms with E-state index in [-0.39, 0.29) is 0 Å². The summed E-state index contributed by atoms with van der Waals surface area (Å²) in [6, 6.07) is 7.36. The van der Waals surface area contributed by atoms with Crippen LogP contribution in [0.3, 0.4) is 0 Å². The van der Waals surface area contributed by atoms with Crippen LogP contribution in [-0.2, 0) is 6.61 Å². The second-order valence-corrected chi connectivity index (χ2v) is 4.51. The molecule has 78 valence electrons. The minimum absolute atomic E-state index is 0.499. The molecule has 0 atom stereocenters. The molecule has 15 heavy (non-hydrogen) atoms. The van der Waals surface area contributed by atoms with Crippen LogP contribution in [0.5, 0.6) is 5.75 Å². The first-order valence-corrected chi connectivity index (χ1v) is 5.79. The van der Waals surface area contributed by atoms with Crippen molar-refractivity contribution in [2.24, 2.45) is 0 Å². The Labute approximate surface area is 97.5 Å². The van der Waals surface area contributed by atoms with Crippen molar-refractivity contribution >= 4 is 22.9 Å². The molecule has 0 unspecified atom stereocenters. The number of rotatable bonds is 3. The van der Waals surface area contributed by atoms with Crippen LogP contribution in [0.25, 0.3) is 0 Å². The maximum absolute atomic E-state index is 5.84. The highest BCUT2D eigenvalue weighted by Gasteiger charge is 2.00. The van der Waals surface area contributed by atoms with E-state index < -0.39 is 0 Å². The molecule has 4 heteroatoms. The molecule has 2 aromatic rings. The minimum atomic E-state index is 0.499. The molecule has 1 aromatic carbocycles. The number of aromatic nitrogens is 1. The third kappa shape index (κ3) is 2.94. The van der Waals surface area contributed by atoms with Gasteiger partial charge in [0.15, 0.2) is 0 Å². The SMILES string of the molecule is Cc1csc(COc2cccc(Cl)c2)n1. The number of ether oxygens (including phenoxy) is 1. The lowest BCUT2D eigenvalue weighted by Crippen LogP contribution is -1.94. The Hall–Kier alpha value is -1.06. The Kier molecular flexibility index (Phi) is 3.23. The zero-order chi connectivity index (χ0) is 10.7. The number of hydrogen-bond donors (Lipinski definition) is 0. The highest BCUT2D eigenvalue weighted by Crippen LogP contribution is 2.19. The normalized spacial score (nSPS) is 10.3. The summed E-state index contributed by atoms with van der Waals surface area (Å²) in [5, 5.41) is 3.67. The summed E-state index contributed by atoms with van der Waals surface area (Å²) >= 11 is 7.44. The lowest BCUT2D eigenvalue weighted by Gasteiger charge is -2.03. The van der Waals surface area contributed by atoms with Gasteiger partial charge in [-0.25, -0.2) is 4.98 Å². The summed E-state index contributed by atoms with van der Waals surface area (Å²) < 4.78 is 5.55. The number of thiazole rings is 1. The lowest BCUT2D eigenvalue weighted by molar-refractivity contribution is 0.305. The van der Waals surface area contributed by atoms with E-state index in [4.69, 9.17) is 16.3 Å². The maximum atomic E-state index is 5.84. The number of nitrogens with zero attached hydrogens (tertiary/aromatic N) is 1. The predicted molar refractivity (Wildman–Crippen MR) is 62.6 cm³/mol. The first-order chi connectivity index (χ1) is 7.24. The van der Waals surface area contributed by atoms with Crippen molar-refractivity contribution in [3.05, 3.63) is 45.4 Å². The molecule has 1 aromatic heterocycles. The zero-order valence-electron chi connectivity index (χ0n) is 8.24. The van der Waals surface area contributed by atoms with E-state index in [0.717, 1.165) is 16.5 Å². The van der Waals surface area contributed by atoms with Crippen molar-refractivity contribution in [3.8, 4) is 5.75 Å². The number of hydrogen-bond acceptors (Lipinski definition) is 3. The monoisotopic (exact) mass is 239 g/mol. The van der Waals surface area contributed by atoms with E-state index in [1.54, 1.807) is 17.4 Å². The van der Waals surface area contributed by atoms with Crippen LogP contribution in [0.1, 0.15) is 10.7 Å². The third-order valence-electron chi connectivity index (χ3n) is 1.82. The zero-order valence-corrected chi connectivity index (χ0v) is 9.81. The molecule has 0 aliphatic carbocycles. The maximum Gasteiger partial charge on any atom is 0.140 e. The highest BCUT2D eigenvalue weighted by molar-refractivity contribution is 7.09. The topological polar surface area (TPSA) is 22.1 Å². The molecular formula is C11H10ClNOS. The Morgan fingerprint density at radius 3 is 3.00 bits per heavy atom. The van der Waals surface area contributed by atoms with Crippen LogP contribution in [0, 0.1) is 6.92 Å². The molecule has 0 radical (unpaired) electrons. The molecule has 0 bridgehead atoms. The fourth-order valence-corrected chi connectivity index (χ4v) is 2.03. The predicted octanol–water partition coefficient (Wildman–Crippen LogP) is 3.68. The van der Waals surface area contributed by atoms with E-state index in [1.165, 1.54) is 0 Å². The van der Waals surface area contributed by atoms with Crippen LogP contribution < -0.4 is 4.74 Å². The smallest absolute Gasteiger partial charge is 0.140 e. The summed E-state index contributed by atoms with van der Waals surface area (Å²) in [6.07, 6.45) is 0. The first-order valence-electron chi connectivity index (χ1n) is 4.53. The molecule has 0 aliphatic heterocycles. The van der Waals surface area contributed by atoms with Gasteiger partial charge in [-0.2, -0.15) is 0 Å². The van der Waals surface area contributed by atoms with Crippen molar-refractivity contribution in [1.29, 1.82) is 0 Å². The Balaban J connectivity index is 1.99. The van der Waals surface area contributed by atoms with Crippen molar-refractivity contribution in [3.63, 3.8) is 0 Å². The van der Waals surface area contributed by atoms with Crippen molar-refractivity contribution in [2.75, 3.05) is 0 Å². The fourth-order valence-electron chi connectivity index (χ4n) is 1.17. The van der Waals surface area contributed by atoms with Crippen LogP contribution >= 0.6 is 22.9 Å². The Bertz CT molecular complexity index is 455. The van der Waals surface area contributed by atoms with Gasteiger partial charge in [0.2, 0.25) is 0 Å². The van der Waals surface area contributed by atoms with E-state index in [1.807, 2.05) is 30.5 Å². The van der Waals surface area contributed by atoms with Crippen molar-refractivity contribution in [2.45, 2.75) is 13.5 Å². The van der Waals surface area contributed by atoms with Crippen molar-refractivity contribution in [1.82, 2.24) is 4.98 Å². The Morgan fingerprint density at radius 1 is 1.47 bits per heavy atom. The summed E-state index contributed by atoms with van der Waals surface area (Å²) in [6.45, 7) is 2.47. The number of halogens is 1. The van der Waals surface area contributed by atoms with Gasteiger partial charge in [0.25, 0.3) is 0 Å². The van der Waals surface area contributed by atoms with Gasteiger partial charge in [0.05, 0.1) is 0 Å². The summed E-state index contributed by atoms with van der Waals surface area (Å²) in [7, 11) is 0. The van der Waals surface area contributed by atoms with Crippen LogP contribution in [-0.4, -0.2) is 4.98 Å². The first kappa shape index (κ1) is 10.5. The van der Waals surface area contributed by atoms with Crippen LogP contribution in [0.15, 0.2) is 29.6 Å². The molecule has 0 fully saturated rings. The van der Waals surface area contributed by atoms with Gasteiger partial charge >= 0.3 is 0 Å². The molecule has 2 rings (SSSR count). The summed E-state index contributed by atoms with van der Waals surface area (Å²) in [5.74, 6) is 0.773. The highest BCUT2D eigenvalue weighted by atomic mass is 35.5. The second kappa shape index (κ2) is 4.64. The third-order valence-corrected chi connectivity index (χ3v) is 3.00. The molecule has 1 heterocycles. The molecule has 0 spiro atoms. The molecule has 2 nitrogen and oxygen atoms in total. The second-order valence-electron chi connectivity index (χ2n) is 3.13. The molecular weight excluding hydrogens is 230 g/mol. The van der Waals surface area contributed by atoms with E-state index >= 15 is 0 Å². The van der Waals surface area contributed by atoms with Gasteiger partial charge < -0.3 is 4.74 Å². The fraction of sp³-hybridized carbons (Fsp3) is 0.182. The summed E-state index contributed by atoms with van der Waals surface area (Å²) in [5.41, 5.74) is 1.03. The van der Waals surface area contributed by atoms with Gasteiger partial charge in [0.1, 0.15) is 17.4 Å². The number of aryl methyl sites for hydroxylation is 1. The van der Waals surface area contributed by atoms with Crippen molar-refractivity contribution < 1.29 is 4.74 Å².